The van der Waals surface area contributed by atoms with Gasteiger partial charge in [-0.15, -0.1) is 0 Å². The molecule has 0 aromatic rings. The first-order valence-electron chi connectivity index (χ1n) is 5.23. The normalized spacial score (nSPS) is 14.8. The lowest BCUT2D eigenvalue weighted by atomic mass is 10.1. The highest BCUT2D eigenvalue weighted by Crippen LogP contribution is 2.10. The zero-order valence-electron chi connectivity index (χ0n) is 10.6. The van der Waals surface area contributed by atoms with Crippen molar-refractivity contribution in [2.75, 3.05) is 20.6 Å². The summed E-state index contributed by atoms with van der Waals surface area (Å²) in [6.45, 7) is 5.84. The van der Waals surface area contributed by atoms with Crippen LogP contribution in [-0.2, 0) is 10.0 Å². The molecule has 0 fully saturated rings. The number of hydrogen-bond donors (Lipinski definition) is 1. The number of rotatable bonds is 6. The van der Waals surface area contributed by atoms with E-state index in [9.17, 15) is 8.42 Å². The van der Waals surface area contributed by atoms with Crippen molar-refractivity contribution in [2.45, 2.75) is 38.0 Å². The van der Waals surface area contributed by atoms with Crippen LogP contribution < -0.4 is 4.72 Å². The van der Waals surface area contributed by atoms with E-state index in [0.717, 1.165) is 0 Å². The molecule has 0 aliphatic heterocycles. The highest BCUT2D eigenvalue weighted by molar-refractivity contribution is 7.90. The Hall–Kier alpha value is -0.640. The minimum Gasteiger partial charge on any atom is -0.303 e. The summed E-state index contributed by atoms with van der Waals surface area (Å²) in [4.78, 5) is 1.93. The van der Waals surface area contributed by atoms with Gasteiger partial charge in [0, 0.05) is 12.1 Å². The average molecular weight is 247 g/mol. The van der Waals surface area contributed by atoms with Crippen LogP contribution in [0.5, 0.6) is 0 Å². The van der Waals surface area contributed by atoms with E-state index in [1.54, 1.807) is 13.0 Å². The van der Waals surface area contributed by atoms with E-state index in [0.29, 0.717) is 13.0 Å². The van der Waals surface area contributed by atoms with Crippen molar-refractivity contribution < 1.29 is 8.42 Å². The van der Waals surface area contributed by atoms with Crippen molar-refractivity contribution >= 4 is 10.0 Å². The van der Waals surface area contributed by atoms with E-state index in [4.69, 9.17) is 5.26 Å². The number of nitrogens with one attached hydrogen (secondary N) is 1. The summed E-state index contributed by atoms with van der Waals surface area (Å²) in [5.41, 5.74) is -0.277. The van der Waals surface area contributed by atoms with Gasteiger partial charge in [-0.2, -0.15) is 5.26 Å². The van der Waals surface area contributed by atoms with Crippen molar-refractivity contribution in [1.29, 1.82) is 5.26 Å². The highest BCUT2D eigenvalue weighted by Gasteiger charge is 2.27. The maximum Gasteiger partial charge on any atom is 0.228 e. The molecule has 0 aromatic heterocycles. The molecule has 0 rings (SSSR count). The lowest BCUT2D eigenvalue weighted by molar-refractivity contribution is 0.198. The smallest absolute Gasteiger partial charge is 0.228 e. The van der Waals surface area contributed by atoms with Crippen LogP contribution in [-0.4, -0.2) is 44.7 Å². The van der Waals surface area contributed by atoms with Gasteiger partial charge in [-0.05, 0) is 34.4 Å². The Kier molecular flexibility index (Phi) is 5.39. The molecular weight excluding hydrogens is 226 g/mol. The number of nitriles is 1. The first-order chi connectivity index (χ1) is 7.17. The highest BCUT2D eigenvalue weighted by atomic mass is 32.2. The molecule has 6 heteroatoms. The van der Waals surface area contributed by atoms with Crippen LogP contribution in [0.25, 0.3) is 0 Å². The molecule has 0 saturated carbocycles. The maximum absolute atomic E-state index is 11.7. The standard InChI is InChI=1S/C10H21N3O2S/c1-6-9(7-11)16(14,15)12-8-10(2,3)13(4)5/h9,12H,6,8H2,1-5H3. The minimum absolute atomic E-state index is 0.277. The Morgan fingerprint density at radius 2 is 1.94 bits per heavy atom. The third kappa shape index (κ3) is 4.08. The van der Waals surface area contributed by atoms with Crippen LogP contribution in [0, 0.1) is 11.3 Å². The van der Waals surface area contributed by atoms with Crippen molar-refractivity contribution in [1.82, 2.24) is 9.62 Å². The molecule has 0 amide bonds. The van der Waals surface area contributed by atoms with Gasteiger partial charge in [0.15, 0.2) is 5.25 Å². The van der Waals surface area contributed by atoms with E-state index < -0.39 is 15.3 Å². The molecule has 1 atom stereocenters. The summed E-state index contributed by atoms with van der Waals surface area (Å²) >= 11 is 0. The average Bonchev–Trinajstić information content (AvgIpc) is 2.16. The monoisotopic (exact) mass is 247 g/mol. The second-order valence-electron chi connectivity index (χ2n) is 4.60. The molecule has 0 aromatic carbocycles. The fourth-order valence-corrected chi connectivity index (χ4v) is 2.25. The molecule has 0 bridgehead atoms. The van der Waals surface area contributed by atoms with Crippen LogP contribution in [0.3, 0.4) is 0 Å². The number of sulfonamides is 1. The predicted molar refractivity (Wildman–Crippen MR) is 64.4 cm³/mol. The summed E-state index contributed by atoms with van der Waals surface area (Å²) in [6, 6.07) is 1.79. The first-order valence-corrected chi connectivity index (χ1v) is 6.77. The lowest BCUT2D eigenvalue weighted by Gasteiger charge is -2.32. The lowest BCUT2D eigenvalue weighted by Crippen LogP contribution is -2.49. The summed E-state index contributed by atoms with van der Waals surface area (Å²) in [7, 11) is 0.243. The van der Waals surface area contributed by atoms with E-state index in [-0.39, 0.29) is 5.54 Å². The maximum atomic E-state index is 11.7. The van der Waals surface area contributed by atoms with Crippen molar-refractivity contribution in [3.63, 3.8) is 0 Å². The Labute approximate surface area is 98.5 Å². The van der Waals surface area contributed by atoms with Gasteiger partial charge in [-0.25, -0.2) is 13.1 Å². The number of nitrogens with zero attached hydrogens (tertiary/aromatic N) is 2. The van der Waals surface area contributed by atoms with Crippen LogP contribution in [0.4, 0.5) is 0 Å². The Balaban J connectivity index is 4.59. The Bertz CT molecular complexity index is 355. The van der Waals surface area contributed by atoms with Gasteiger partial charge in [0.2, 0.25) is 10.0 Å². The molecule has 5 nitrogen and oxygen atoms in total. The topological polar surface area (TPSA) is 73.2 Å². The van der Waals surface area contributed by atoms with Gasteiger partial charge in [-0.1, -0.05) is 6.92 Å². The molecular formula is C10H21N3O2S. The molecule has 1 N–H and O–H groups in total. The molecule has 0 saturated heterocycles. The molecule has 16 heavy (non-hydrogen) atoms. The van der Waals surface area contributed by atoms with Gasteiger partial charge >= 0.3 is 0 Å². The largest absolute Gasteiger partial charge is 0.303 e. The van der Waals surface area contributed by atoms with Crippen molar-refractivity contribution in [2.24, 2.45) is 0 Å². The molecule has 94 valence electrons. The van der Waals surface area contributed by atoms with Crippen molar-refractivity contribution in [3.8, 4) is 6.07 Å². The summed E-state index contributed by atoms with van der Waals surface area (Å²) in [5.74, 6) is 0. The van der Waals surface area contributed by atoms with Crippen LogP contribution in [0.15, 0.2) is 0 Å². The fourth-order valence-electron chi connectivity index (χ4n) is 0.916. The Morgan fingerprint density at radius 3 is 2.25 bits per heavy atom. The molecule has 0 heterocycles. The zero-order chi connectivity index (χ0) is 13.0. The van der Waals surface area contributed by atoms with Crippen LogP contribution in [0.2, 0.25) is 0 Å². The second kappa shape index (κ2) is 5.62. The Morgan fingerprint density at radius 1 is 1.44 bits per heavy atom. The molecule has 0 radical (unpaired) electrons. The third-order valence-corrected chi connectivity index (χ3v) is 4.54. The molecule has 0 aliphatic carbocycles. The summed E-state index contributed by atoms with van der Waals surface area (Å²) in [5, 5.41) is 7.75. The van der Waals surface area contributed by atoms with Crippen molar-refractivity contribution in [3.05, 3.63) is 0 Å². The molecule has 1 unspecified atom stereocenters. The molecule has 0 aliphatic rings. The number of likely N-dealkylation sites (N-methyl/N-ethyl adjacent to an activating group) is 1. The second-order valence-corrected chi connectivity index (χ2v) is 6.55. The van der Waals surface area contributed by atoms with Crippen LogP contribution >= 0.6 is 0 Å². The van der Waals surface area contributed by atoms with E-state index >= 15 is 0 Å². The summed E-state index contributed by atoms with van der Waals surface area (Å²) in [6.07, 6.45) is 0.300. The summed E-state index contributed by atoms with van der Waals surface area (Å²) < 4.78 is 25.9. The van der Waals surface area contributed by atoms with Gasteiger partial charge < -0.3 is 4.90 Å². The van der Waals surface area contributed by atoms with Gasteiger partial charge in [-0.3, -0.25) is 0 Å². The van der Waals surface area contributed by atoms with Gasteiger partial charge in [0.25, 0.3) is 0 Å². The van der Waals surface area contributed by atoms with Gasteiger partial charge in [0.1, 0.15) is 0 Å². The first kappa shape index (κ1) is 15.4. The van der Waals surface area contributed by atoms with E-state index in [2.05, 4.69) is 4.72 Å². The quantitative estimate of drug-likeness (QED) is 0.744. The van der Waals surface area contributed by atoms with Crippen LogP contribution in [0.1, 0.15) is 27.2 Å². The predicted octanol–water partition coefficient (Wildman–Crippen LogP) is 0.548. The molecule has 0 spiro atoms. The fraction of sp³-hybridized carbons (Fsp3) is 0.900. The zero-order valence-corrected chi connectivity index (χ0v) is 11.4. The SMILES string of the molecule is CCC(C#N)S(=O)(=O)NCC(C)(C)N(C)C. The van der Waals surface area contributed by atoms with E-state index in [1.807, 2.05) is 32.8 Å². The third-order valence-electron chi connectivity index (χ3n) is 2.81. The number of hydrogen-bond acceptors (Lipinski definition) is 4. The van der Waals surface area contributed by atoms with Gasteiger partial charge in [0.05, 0.1) is 6.07 Å². The van der Waals surface area contributed by atoms with E-state index in [1.165, 1.54) is 0 Å². The minimum atomic E-state index is -3.53.